The predicted molar refractivity (Wildman–Crippen MR) is 77.2 cm³/mol. The molecule has 0 aliphatic heterocycles. The fourth-order valence-corrected chi connectivity index (χ4v) is 2.36. The van der Waals surface area contributed by atoms with E-state index in [1.165, 1.54) is 38.5 Å². The zero-order valence-electron chi connectivity index (χ0n) is 12.4. The number of carbonyl (C=O) groups is 1. The minimum Gasteiger partial charge on any atom is -0.247 e. The van der Waals surface area contributed by atoms with E-state index in [0.717, 1.165) is 19.3 Å². The molecule has 0 aromatic carbocycles. The van der Waals surface area contributed by atoms with Gasteiger partial charge in [0.1, 0.15) is 6.61 Å². The van der Waals surface area contributed by atoms with Gasteiger partial charge in [-0.15, -0.1) is 4.52 Å². The summed E-state index contributed by atoms with van der Waals surface area (Å²) >= 11 is 0. The molecule has 4 nitrogen and oxygen atoms in total. The largest absolute Gasteiger partial charge is 0.753 e. The molecule has 0 fully saturated rings. The van der Waals surface area contributed by atoms with E-state index in [4.69, 9.17) is 0 Å². The van der Waals surface area contributed by atoms with Crippen LogP contribution in [0.1, 0.15) is 78.1 Å². The molecule has 0 radical (unpaired) electrons. The molecule has 1 atom stereocenters. The normalized spacial score (nSPS) is 11.4. The van der Waals surface area contributed by atoms with Crippen molar-refractivity contribution in [1.29, 1.82) is 0 Å². The predicted octanol–water partition coefficient (Wildman–Crippen LogP) is 5.14. The minimum absolute atomic E-state index is 0.292. The van der Waals surface area contributed by atoms with Gasteiger partial charge in [-0.25, -0.2) is 4.79 Å². The van der Waals surface area contributed by atoms with Crippen molar-refractivity contribution in [3.8, 4) is 0 Å². The number of hydrogen-bond acceptors (Lipinski definition) is 4. The van der Waals surface area contributed by atoms with Gasteiger partial charge < -0.3 is 0 Å². The highest BCUT2D eigenvalue weighted by molar-refractivity contribution is 7.34. The van der Waals surface area contributed by atoms with E-state index < -0.39 is 14.2 Å². The molecule has 0 aliphatic rings. The molecule has 0 spiro atoms. The highest BCUT2D eigenvalue weighted by Crippen LogP contribution is 2.24. The molecule has 0 aliphatic carbocycles. The molecule has 0 rings (SSSR count). The molecule has 0 aromatic heterocycles. The van der Waals surface area contributed by atoms with E-state index in [2.05, 4.69) is 16.0 Å². The van der Waals surface area contributed by atoms with Crippen molar-refractivity contribution in [2.24, 2.45) is 0 Å². The number of rotatable bonds is 13. The molecule has 0 saturated carbocycles. The summed E-state index contributed by atoms with van der Waals surface area (Å²) in [6, 6.07) is 0. The van der Waals surface area contributed by atoms with E-state index in [-0.39, 0.29) is 0 Å². The van der Waals surface area contributed by atoms with E-state index in [1.54, 1.807) is 6.92 Å². The Morgan fingerprint density at radius 1 is 0.895 bits per heavy atom. The molecule has 0 saturated heterocycles. The number of carbonyl (C=O) groups excluding carboxylic acids is 1. The van der Waals surface area contributed by atoms with Crippen LogP contribution in [0.3, 0.4) is 0 Å². The van der Waals surface area contributed by atoms with Gasteiger partial charge in [0.05, 0.1) is 6.42 Å². The Hall–Kier alpha value is -0.470. The molecule has 0 bridgehead atoms. The highest BCUT2D eigenvalue weighted by Gasteiger charge is 2.24. The van der Waals surface area contributed by atoms with Crippen LogP contribution in [0.25, 0.3) is 0 Å². The summed E-state index contributed by atoms with van der Waals surface area (Å²) in [6.45, 7) is 4.22. The maximum atomic E-state index is 11.2. The van der Waals surface area contributed by atoms with Gasteiger partial charge in [0.2, 0.25) is 0 Å². The van der Waals surface area contributed by atoms with Crippen molar-refractivity contribution in [1.82, 2.24) is 0 Å². The molecule has 0 aromatic rings. The molecular weight excluding hydrogens is 263 g/mol. The van der Waals surface area contributed by atoms with Crippen LogP contribution in [0.4, 0.5) is 0 Å². The van der Waals surface area contributed by atoms with Gasteiger partial charge in [0.15, 0.2) is 0 Å². The van der Waals surface area contributed by atoms with Crippen molar-refractivity contribution >= 4 is 14.2 Å². The lowest BCUT2D eigenvalue weighted by atomic mass is 10.1. The Labute approximate surface area is 118 Å². The molecule has 5 heteroatoms. The van der Waals surface area contributed by atoms with Gasteiger partial charge in [-0.3, -0.25) is 0 Å². The van der Waals surface area contributed by atoms with Crippen LogP contribution in [0, 0.1) is 0 Å². The lowest BCUT2D eigenvalue weighted by Crippen LogP contribution is -1.99. The Balaban J connectivity index is 3.25. The zero-order chi connectivity index (χ0) is 14.3. The summed E-state index contributed by atoms with van der Waals surface area (Å²) in [7, 11) is -2.26. The molecule has 1 unspecified atom stereocenters. The molecular formula is C14H28O4P+. The van der Waals surface area contributed by atoms with Crippen molar-refractivity contribution in [2.45, 2.75) is 78.1 Å². The van der Waals surface area contributed by atoms with E-state index in [9.17, 15) is 9.36 Å². The van der Waals surface area contributed by atoms with Gasteiger partial charge in [-0.05, 0) is 13.3 Å². The van der Waals surface area contributed by atoms with Crippen molar-refractivity contribution in [3.63, 3.8) is 0 Å². The second-order valence-electron chi connectivity index (χ2n) is 4.68. The van der Waals surface area contributed by atoms with Crippen LogP contribution in [-0.4, -0.2) is 12.6 Å². The lowest BCUT2D eigenvalue weighted by molar-refractivity contribution is -0.134. The van der Waals surface area contributed by atoms with Crippen LogP contribution in [0.2, 0.25) is 0 Å². The summed E-state index contributed by atoms with van der Waals surface area (Å²) < 4.78 is 20.3. The maximum Gasteiger partial charge on any atom is 0.753 e. The van der Waals surface area contributed by atoms with Crippen LogP contribution >= 0.6 is 8.25 Å². The Bertz CT molecular complexity index is 244. The number of unbranched alkanes of at least 4 members (excludes halogenated alkanes) is 8. The fraction of sp³-hybridized carbons (Fsp3) is 0.929. The van der Waals surface area contributed by atoms with Crippen molar-refractivity contribution in [3.05, 3.63) is 0 Å². The van der Waals surface area contributed by atoms with E-state index >= 15 is 0 Å². The van der Waals surface area contributed by atoms with Gasteiger partial charge >= 0.3 is 14.2 Å². The van der Waals surface area contributed by atoms with Crippen LogP contribution in [0.15, 0.2) is 0 Å². The first-order valence-corrected chi connectivity index (χ1v) is 8.61. The van der Waals surface area contributed by atoms with Gasteiger partial charge in [-0.2, -0.15) is 4.52 Å². The molecule has 0 amide bonds. The summed E-state index contributed by atoms with van der Waals surface area (Å²) in [5.74, 6) is -0.419. The summed E-state index contributed by atoms with van der Waals surface area (Å²) in [5, 5.41) is 0. The minimum atomic E-state index is -2.26. The average Bonchev–Trinajstić information content (AvgIpc) is 2.37. The van der Waals surface area contributed by atoms with Crippen LogP contribution in [0.5, 0.6) is 0 Å². The second-order valence-corrected chi connectivity index (χ2v) is 5.57. The monoisotopic (exact) mass is 291 g/mol. The molecule has 0 N–H and O–H groups in total. The SMILES string of the molecule is CCCCCCCCCCCC(=O)O[P+](=O)OCC. The third-order valence-corrected chi connectivity index (χ3v) is 3.72. The zero-order valence-corrected chi connectivity index (χ0v) is 13.3. The standard InChI is InChI=1S/C14H28O4P/c1-3-5-6-7-8-9-10-11-12-13-14(15)18-19(16)17-4-2/h3-13H2,1-2H3/q+1. The smallest absolute Gasteiger partial charge is 0.247 e. The quantitative estimate of drug-likeness (QED) is 0.348. The van der Waals surface area contributed by atoms with Gasteiger partial charge in [0, 0.05) is 4.57 Å². The number of hydrogen-bond donors (Lipinski definition) is 0. The Morgan fingerprint density at radius 2 is 1.42 bits per heavy atom. The molecule has 19 heavy (non-hydrogen) atoms. The lowest BCUT2D eigenvalue weighted by Gasteiger charge is -2.00. The Morgan fingerprint density at radius 3 is 1.95 bits per heavy atom. The van der Waals surface area contributed by atoms with E-state index in [1.807, 2.05) is 0 Å². The van der Waals surface area contributed by atoms with E-state index in [0.29, 0.717) is 13.0 Å². The van der Waals surface area contributed by atoms with Gasteiger partial charge in [0.25, 0.3) is 0 Å². The third kappa shape index (κ3) is 13.8. The summed E-state index contributed by atoms with van der Waals surface area (Å²) in [5.41, 5.74) is 0. The fourth-order valence-electron chi connectivity index (χ4n) is 1.84. The molecule has 112 valence electrons. The van der Waals surface area contributed by atoms with Crippen molar-refractivity contribution < 1.29 is 18.4 Å². The van der Waals surface area contributed by atoms with Gasteiger partial charge in [-0.1, -0.05) is 58.3 Å². The van der Waals surface area contributed by atoms with Crippen molar-refractivity contribution in [2.75, 3.05) is 6.61 Å². The highest BCUT2D eigenvalue weighted by atomic mass is 31.1. The third-order valence-electron chi connectivity index (χ3n) is 2.90. The summed E-state index contributed by atoms with van der Waals surface area (Å²) in [6.07, 6.45) is 11.2. The first-order valence-electron chi connectivity index (χ1n) is 7.51. The van der Waals surface area contributed by atoms with Crippen LogP contribution < -0.4 is 0 Å². The second kappa shape index (κ2) is 14.0. The summed E-state index contributed by atoms with van der Waals surface area (Å²) in [4.78, 5) is 11.2. The topological polar surface area (TPSA) is 52.6 Å². The van der Waals surface area contributed by atoms with Crippen LogP contribution in [-0.2, 0) is 18.4 Å². The Kier molecular flexibility index (Phi) is 13.6. The average molecular weight is 291 g/mol. The first kappa shape index (κ1) is 18.5. The molecule has 0 heterocycles. The maximum absolute atomic E-state index is 11.2. The first-order chi connectivity index (χ1) is 9.20.